The van der Waals surface area contributed by atoms with E-state index >= 15 is 0 Å². The van der Waals surface area contributed by atoms with Gasteiger partial charge in [-0.25, -0.2) is 0 Å². The summed E-state index contributed by atoms with van der Waals surface area (Å²) in [6, 6.07) is 5.75. The van der Waals surface area contributed by atoms with Crippen molar-refractivity contribution in [1.29, 1.82) is 0 Å². The maximum atomic E-state index is 5.95. The summed E-state index contributed by atoms with van der Waals surface area (Å²) < 4.78 is 8.33. The maximum Gasteiger partial charge on any atom is 0.178 e. The Labute approximate surface area is 117 Å². The zero-order valence-corrected chi connectivity index (χ0v) is 12.0. The van der Waals surface area contributed by atoms with E-state index in [1.54, 1.807) is 0 Å². The van der Waals surface area contributed by atoms with E-state index < -0.39 is 0 Å². The van der Waals surface area contributed by atoms with Gasteiger partial charge in [-0.15, -0.1) is 0 Å². The van der Waals surface area contributed by atoms with Gasteiger partial charge in [0, 0.05) is 18.2 Å². The molecule has 0 unspecified atom stereocenters. The molecule has 0 aliphatic heterocycles. The zero-order chi connectivity index (χ0) is 13.0. The predicted molar refractivity (Wildman–Crippen MR) is 77.9 cm³/mol. The first-order valence-electron chi connectivity index (χ1n) is 6.18. The quantitative estimate of drug-likeness (QED) is 0.637. The molecular weight excluding hydrogens is 268 g/mol. The largest absolute Gasteiger partial charge is 0.380 e. The standard InChI is InChI=1S/C13H17ClN2OS/c1-2-3-7-17-8-6-16-12-5-4-10(14)9-11(12)15-13(16)18/h4-5,9H,2-3,6-8H2,1H3,(H,15,18). The Balaban J connectivity index is 2.08. The Morgan fingerprint density at radius 1 is 1.39 bits per heavy atom. The van der Waals surface area contributed by atoms with Gasteiger partial charge in [-0.1, -0.05) is 24.9 Å². The molecule has 1 heterocycles. The van der Waals surface area contributed by atoms with Crippen LogP contribution in [-0.2, 0) is 11.3 Å². The lowest BCUT2D eigenvalue weighted by Gasteiger charge is -2.05. The number of ether oxygens (including phenoxy) is 1. The lowest BCUT2D eigenvalue weighted by Crippen LogP contribution is -2.06. The number of rotatable bonds is 6. The molecule has 2 aromatic rings. The molecule has 0 aliphatic rings. The zero-order valence-electron chi connectivity index (χ0n) is 10.4. The molecule has 0 fully saturated rings. The van der Waals surface area contributed by atoms with Crippen LogP contribution in [0.1, 0.15) is 19.8 Å². The molecule has 0 spiro atoms. The Hall–Kier alpha value is -0.840. The first kappa shape index (κ1) is 13.6. The number of nitrogens with zero attached hydrogens (tertiary/aromatic N) is 1. The number of fused-ring (bicyclic) bond motifs is 1. The van der Waals surface area contributed by atoms with Crippen molar-refractivity contribution in [3.05, 3.63) is 28.0 Å². The molecule has 18 heavy (non-hydrogen) atoms. The first-order valence-corrected chi connectivity index (χ1v) is 6.97. The van der Waals surface area contributed by atoms with Gasteiger partial charge in [0.1, 0.15) is 0 Å². The van der Waals surface area contributed by atoms with E-state index in [2.05, 4.69) is 11.9 Å². The number of imidazole rings is 1. The van der Waals surface area contributed by atoms with Crippen LogP contribution < -0.4 is 0 Å². The summed E-state index contributed by atoms with van der Waals surface area (Å²) in [5, 5.41) is 0.713. The fraction of sp³-hybridized carbons (Fsp3) is 0.462. The third-order valence-corrected chi connectivity index (χ3v) is 3.40. The fourth-order valence-corrected chi connectivity index (χ4v) is 2.33. The third-order valence-electron chi connectivity index (χ3n) is 2.84. The van der Waals surface area contributed by atoms with Gasteiger partial charge in [-0.2, -0.15) is 0 Å². The Morgan fingerprint density at radius 3 is 3.00 bits per heavy atom. The van der Waals surface area contributed by atoms with Crippen molar-refractivity contribution < 1.29 is 4.74 Å². The minimum absolute atomic E-state index is 0.684. The summed E-state index contributed by atoms with van der Waals surface area (Å²) in [6.45, 7) is 4.43. The van der Waals surface area contributed by atoms with Crippen LogP contribution in [0.15, 0.2) is 18.2 Å². The third kappa shape index (κ3) is 3.13. The van der Waals surface area contributed by atoms with Crippen molar-refractivity contribution in [2.45, 2.75) is 26.3 Å². The second-order valence-corrected chi connectivity index (χ2v) is 5.03. The SMILES string of the molecule is CCCCOCCn1c(=S)[nH]c2cc(Cl)ccc21. The van der Waals surface area contributed by atoms with Gasteiger partial charge < -0.3 is 14.3 Å². The maximum absolute atomic E-state index is 5.95. The van der Waals surface area contributed by atoms with E-state index in [0.717, 1.165) is 37.0 Å². The number of H-pyrrole nitrogens is 1. The molecule has 0 saturated heterocycles. The summed E-state index contributed by atoms with van der Waals surface area (Å²) in [5.74, 6) is 0. The number of aromatic nitrogens is 2. The molecule has 0 atom stereocenters. The first-order chi connectivity index (χ1) is 8.72. The van der Waals surface area contributed by atoms with Crippen molar-refractivity contribution in [1.82, 2.24) is 9.55 Å². The van der Waals surface area contributed by atoms with Crippen molar-refractivity contribution in [2.24, 2.45) is 0 Å². The molecule has 0 saturated carbocycles. The number of nitrogens with one attached hydrogen (secondary N) is 1. The molecule has 0 amide bonds. The second-order valence-electron chi connectivity index (χ2n) is 4.21. The van der Waals surface area contributed by atoms with Crippen molar-refractivity contribution in [3.63, 3.8) is 0 Å². The molecule has 5 heteroatoms. The highest BCUT2D eigenvalue weighted by molar-refractivity contribution is 7.71. The lowest BCUT2D eigenvalue weighted by atomic mass is 10.3. The van der Waals surface area contributed by atoms with Crippen molar-refractivity contribution >= 4 is 34.9 Å². The number of hydrogen-bond donors (Lipinski definition) is 1. The summed E-state index contributed by atoms with van der Waals surface area (Å²) in [6.07, 6.45) is 2.26. The van der Waals surface area contributed by atoms with Crippen LogP contribution in [0.25, 0.3) is 11.0 Å². The van der Waals surface area contributed by atoms with Crippen LogP contribution in [-0.4, -0.2) is 22.8 Å². The van der Waals surface area contributed by atoms with Gasteiger partial charge in [0.05, 0.1) is 17.6 Å². The van der Waals surface area contributed by atoms with Gasteiger partial charge in [0.15, 0.2) is 4.77 Å². The topological polar surface area (TPSA) is 29.9 Å². The summed E-state index contributed by atoms with van der Waals surface area (Å²) >= 11 is 11.3. The van der Waals surface area contributed by atoms with E-state index in [1.807, 2.05) is 22.8 Å². The average Bonchev–Trinajstić information content (AvgIpc) is 2.64. The lowest BCUT2D eigenvalue weighted by molar-refractivity contribution is 0.124. The molecule has 0 bridgehead atoms. The second kappa shape index (κ2) is 6.36. The Kier molecular flexibility index (Phi) is 4.80. The molecular formula is C13H17ClN2OS. The molecule has 1 aromatic carbocycles. The molecule has 1 N–H and O–H groups in total. The monoisotopic (exact) mass is 284 g/mol. The van der Waals surface area contributed by atoms with Crippen LogP contribution in [0.4, 0.5) is 0 Å². The number of halogens is 1. The molecule has 2 rings (SSSR count). The van der Waals surface area contributed by atoms with Crippen LogP contribution in [0.5, 0.6) is 0 Å². The van der Waals surface area contributed by atoms with Gasteiger partial charge in [-0.3, -0.25) is 0 Å². The number of aromatic amines is 1. The van der Waals surface area contributed by atoms with Gasteiger partial charge in [-0.05, 0) is 36.8 Å². The van der Waals surface area contributed by atoms with E-state index in [4.69, 9.17) is 28.6 Å². The van der Waals surface area contributed by atoms with E-state index in [-0.39, 0.29) is 0 Å². The molecule has 1 aromatic heterocycles. The van der Waals surface area contributed by atoms with Gasteiger partial charge in [0.2, 0.25) is 0 Å². The Bertz CT molecular complexity index is 576. The summed E-state index contributed by atoms with van der Waals surface area (Å²) in [7, 11) is 0. The van der Waals surface area contributed by atoms with Crippen LogP contribution in [0.2, 0.25) is 5.02 Å². The minimum Gasteiger partial charge on any atom is -0.380 e. The average molecular weight is 285 g/mol. The molecule has 0 aliphatic carbocycles. The molecule has 98 valence electrons. The highest BCUT2D eigenvalue weighted by Gasteiger charge is 2.04. The number of hydrogen-bond acceptors (Lipinski definition) is 2. The predicted octanol–water partition coefficient (Wildman–Crippen LogP) is 4.17. The summed E-state index contributed by atoms with van der Waals surface area (Å²) in [5.41, 5.74) is 2.05. The smallest absolute Gasteiger partial charge is 0.178 e. The number of unbranched alkanes of at least 4 members (excludes halogenated alkanes) is 1. The van der Waals surface area contributed by atoms with Crippen molar-refractivity contribution in [3.8, 4) is 0 Å². The van der Waals surface area contributed by atoms with Crippen molar-refractivity contribution in [2.75, 3.05) is 13.2 Å². The normalized spacial score (nSPS) is 11.2. The van der Waals surface area contributed by atoms with Gasteiger partial charge in [0.25, 0.3) is 0 Å². The van der Waals surface area contributed by atoms with Crippen LogP contribution >= 0.6 is 23.8 Å². The molecule has 0 radical (unpaired) electrons. The van der Waals surface area contributed by atoms with E-state index in [9.17, 15) is 0 Å². The number of benzene rings is 1. The van der Waals surface area contributed by atoms with Crippen LogP contribution in [0.3, 0.4) is 0 Å². The fourth-order valence-electron chi connectivity index (χ4n) is 1.86. The highest BCUT2D eigenvalue weighted by atomic mass is 35.5. The Morgan fingerprint density at radius 2 is 2.22 bits per heavy atom. The molecule has 3 nitrogen and oxygen atoms in total. The minimum atomic E-state index is 0.684. The van der Waals surface area contributed by atoms with Gasteiger partial charge >= 0.3 is 0 Å². The van der Waals surface area contributed by atoms with E-state index in [0.29, 0.717) is 16.4 Å². The van der Waals surface area contributed by atoms with E-state index in [1.165, 1.54) is 0 Å². The highest BCUT2D eigenvalue weighted by Crippen LogP contribution is 2.18. The van der Waals surface area contributed by atoms with Crippen LogP contribution in [0, 0.1) is 4.77 Å². The summed E-state index contributed by atoms with van der Waals surface area (Å²) in [4.78, 5) is 3.16.